The summed E-state index contributed by atoms with van der Waals surface area (Å²) < 4.78 is 25.5. The van der Waals surface area contributed by atoms with Crippen LogP contribution in [0.2, 0.25) is 0 Å². The van der Waals surface area contributed by atoms with Crippen LogP contribution in [0.4, 0.5) is 14.0 Å². The molecule has 0 radical (unpaired) electrons. The van der Waals surface area contributed by atoms with Gasteiger partial charge in [-0.1, -0.05) is 80.6 Å². The average molecular weight is 841 g/mol. The van der Waals surface area contributed by atoms with Gasteiger partial charge in [-0.05, 0) is 71.7 Å². The highest BCUT2D eigenvalue weighted by atomic mass is 19.1. The summed E-state index contributed by atoms with van der Waals surface area (Å²) in [6.45, 7) is 4.83. The van der Waals surface area contributed by atoms with Crippen molar-refractivity contribution >= 4 is 34.8 Å². The molecule has 2 aliphatic heterocycles. The minimum atomic E-state index is -0.932. The fraction of sp³-hybridized carbons (Fsp3) is 0.319. The van der Waals surface area contributed by atoms with Crippen LogP contribution in [0.25, 0.3) is 44.4 Å². The minimum absolute atomic E-state index is 0.130. The van der Waals surface area contributed by atoms with E-state index in [2.05, 4.69) is 36.6 Å². The van der Waals surface area contributed by atoms with Gasteiger partial charge in [0.2, 0.25) is 5.91 Å². The molecule has 0 aliphatic carbocycles. The third-order valence-corrected chi connectivity index (χ3v) is 11.9. The van der Waals surface area contributed by atoms with Crippen molar-refractivity contribution in [1.82, 2.24) is 40.4 Å². The van der Waals surface area contributed by atoms with E-state index in [0.29, 0.717) is 53.5 Å². The van der Waals surface area contributed by atoms with Crippen LogP contribution in [0.3, 0.4) is 0 Å². The summed E-state index contributed by atoms with van der Waals surface area (Å²) in [6, 6.07) is 23.7. The zero-order valence-electron chi connectivity index (χ0n) is 35.0. The van der Waals surface area contributed by atoms with Gasteiger partial charge in [-0.2, -0.15) is 0 Å². The number of likely N-dealkylation sites (tertiary alicyclic amines) is 2. The van der Waals surface area contributed by atoms with Crippen molar-refractivity contribution in [2.45, 2.75) is 63.7 Å². The fourth-order valence-corrected chi connectivity index (χ4v) is 8.59. The van der Waals surface area contributed by atoms with Crippen molar-refractivity contribution in [3.63, 3.8) is 0 Å². The molecule has 0 bridgehead atoms. The zero-order chi connectivity index (χ0) is 43.5. The molecule has 0 saturated carbocycles. The standard InChI is InChI=1S/C47H49FN8O6/c1-27(2)40(53-46(59)61-3)44(57)55-20-8-12-38(55)42-49-25-36(51-42)32-17-15-29-22-31(16-14-30(29)23-32)34-19-18-33(24-35(34)48)37-26-50-43(52-37)39-13-9-21-56(39)45(58)41(54-47(60)62-4)28-10-6-5-7-11-28/h5-7,10-11,14-19,22-27,38-41H,8-9,12-13,20-21H2,1-4H3,(H,49,51)(H,50,52)(H,53,59)(H,54,60). The molecule has 8 rings (SSSR count). The molecule has 320 valence electrons. The van der Waals surface area contributed by atoms with Gasteiger partial charge in [0.25, 0.3) is 5.91 Å². The van der Waals surface area contributed by atoms with Crippen molar-refractivity contribution in [2.24, 2.45) is 5.92 Å². The molecular weight excluding hydrogens is 792 g/mol. The van der Waals surface area contributed by atoms with Gasteiger partial charge in [-0.3, -0.25) is 9.59 Å². The fourth-order valence-electron chi connectivity index (χ4n) is 8.59. The van der Waals surface area contributed by atoms with Crippen molar-refractivity contribution in [3.05, 3.63) is 120 Å². The van der Waals surface area contributed by atoms with Crippen LogP contribution in [0, 0.1) is 11.7 Å². The van der Waals surface area contributed by atoms with Gasteiger partial charge >= 0.3 is 12.2 Å². The first kappa shape index (κ1) is 41.7. The molecule has 2 aliphatic rings. The number of H-pyrrole nitrogens is 2. The maximum absolute atomic E-state index is 15.9. The van der Waals surface area contributed by atoms with E-state index in [1.165, 1.54) is 20.3 Å². The number of nitrogens with zero attached hydrogens (tertiary/aromatic N) is 4. The SMILES string of the molecule is COC(=O)NC(C(=O)N1CCCC1c1ncc(-c2ccc(-c3ccc4cc(-c5cnc(C6CCCN6C(=O)C(NC(=O)OC)C(C)C)[nH]5)ccc4c3)c(F)c2)[nH]1)c1ccccc1. The number of imidazole rings is 2. The second-order valence-corrected chi connectivity index (χ2v) is 16.1. The number of methoxy groups -OCH3 is 2. The third kappa shape index (κ3) is 8.47. The van der Waals surface area contributed by atoms with Crippen LogP contribution in [-0.2, 0) is 19.1 Å². The van der Waals surface area contributed by atoms with Crippen molar-refractivity contribution in [2.75, 3.05) is 27.3 Å². The molecule has 15 heteroatoms. The Kier molecular flexibility index (Phi) is 12.0. The van der Waals surface area contributed by atoms with Gasteiger partial charge in [0.05, 0.1) is 50.1 Å². The highest BCUT2D eigenvalue weighted by molar-refractivity contribution is 5.91. The monoisotopic (exact) mass is 840 g/mol. The molecule has 2 fully saturated rings. The third-order valence-electron chi connectivity index (χ3n) is 11.9. The molecule has 6 aromatic rings. The molecule has 62 heavy (non-hydrogen) atoms. The van der Waals surface area contributed by atoms with E-state index in [0.717, 1.165) is 46.9 Å². The van der Waals surface area contributed by atoms with Crippen LogP contribution in [0.5, 0.6) is 0 Å². The summed E-state index contributed by atoms with van der Waals surface area (Å²) in [5, 5.41) is 7.27. The maximum atomic E-state index is 15.9. The van der Waals surface area contributed by atoms with Gasteiger partial charge in [0.15, 0.2) is 0 Å². The van der Waals surface area contributed by atoms with Gasteiger partial charge in [-0.25, -0.2) is 23.9 Å². The van der Waals surface area contributed by atoms with Gasteiger partial charge < -0.3 is 39.9 Å². The Balaban J connectivity index is 0.961. The highest BCUT2D eigenvalue weighted by Gasteiger charge is 2.39. The first-order chi connectivity index (χ1) is 30.0. The number of carbonyl (C=O) groups is 4. The van der Waals surface area contributed by atoms with E-state index in [-0.39, 0.29) is 29.8 Å². The quantitative estimate of drug-likeness (QED) is 0.101. The van der Waals surface area contributed by atoms with Crippen molar-refractivity contribution in [1.29, 1.82) is 0 Å². The smallest absolute Gasteiger partial charge is 0.407 e. The second-order valence-electron chi connectivity index (χ2n) is 16.1. The van der Waals surface area contributed by atoms with Crippen LogP contribution < -0.4 is 10.6 Å². The Morgan fingerprint density at radius 1 is 0.694 bits per heavy atom. The molecular formula is C47H49FN8O6. The minimum Gasteiger partial charge on any atom is -0.453 e. The Labute approximate surface area is 358 Å². The predicted molar refractivity (Wildman–Crippen MR) is 231 cm³/mol. The number of aromatic nitrogens is 4. The number of benzene rings is 4. The average Bonchev–Trinajstić information content (AvgIpc) is 4.14. The molecule has 2 saturated heterocycles. The number of halogens is 1. The number of hydrogen-bond acceptors (Lipinski definition) is 8. The maximum Gasteiger partial charge on any atom is 0.407 e. The Morgan fingerprint density at radius 3 is 1.81 bits per heavy atom. The van der Waals surface area contributed by atoms with Gasteiger partial charge in [0.1, 0.15) is 29.5 Å². The molecule has 2 aromatic heterocycles. The molecule has 4 N–H and O–H groups in total. The second kappa shape index (κ2) is 17.9. The lowest BCUT2D eigenvalue weighted by Crippen LogP contribution is -2.51. The van der Waals surface area contributed by atoms with Gasteiger partial charge in [-0.15, -0.1) is 0 Å². The number of hydrogen-bond donors (Lipinski definition) is 4. The summed E-state index contributed by atoms with van der Waals surface area (Å²) in [6.07, 6.45) is 5.08. The van der Waals surface area contributed by atoms with E-state index in [9.17, 15) is 19.2 Å². The first-order valence-electron chi connectivity index (χ1n) is 20.8. The molecule has 14 nitrogen and oxygen atoms in total. The lowest BCUT2D eigenvalue weighted by Gasteiger charge is -2.30. The normalized spacial score (nSPS) is 17.3. The number of nitrogens with one attached hydrogen (secondary N) is 4. The van der Waals surface area contributed by atoms with E-state index in [1.807, 2.05) is 68.4 Å². The molecule has 0 spiro atoms. The molecule has 4 unspecified atom stereocenters. The summed E-state index contributed by atoms with van der Waals surface area (Å²) >= 11 is 0. The highest BCUT2D eigenvalue weighted by Crippen LogP contribution is 2.37. The number of aromatic amines is 2. The number of amides is 4. The summed E-state index contributed by atoms with van der Waals surface area (Å²) in [4.78, 5) is 71.3. The lowest BCUT2D eigenvalue weighted by molar-refractivity contribution is -0.135. The van der Waals surface area contributed by atoms with E-state index < -0.39 is 30.1 Å². The molecule has 4 amide bonds. The number of ether oxygens (including phenoxy) is 2. The lowest BCUT2D eigenvalue weighted by atomic mass is 9.98. The summed E-state index contributed by atoms with van der Waals surface area (Å²) in [7, 11) is 2.53. The Bertz CT molecular complexity index is 2610. The van der Waals surface area contributed by atoms with Crippen molar-refractivity contribution < 1.29 is 33.0 Å². The van der Waals surface area contributed by atoms with Crippen LogP contribution >= 0.6 is 0 Å². The number of alkyl carbamates (subject to hydrolysis) is 2. The zero-order valence-corrected chi connectivity index (χ0v) is 35.0. The first-order valence-corrected chi connectivity index (χ1v) is 20.8. The van der Waals surface area contributed by atoms with E-state index in [1.54, 1.807) is 40.4 Å². The number of carbonyl (C=O) groups excluding carboxylic acids is 4. The predicted octanol–water partition coefficient (Wildman–Crippen LogP) is 8.23. The Morgan fingerprint density at radius 2 is 1.23 bits per heavy atom. The number of fused-ring (bicyclic) bond motifs is 1. The summed E-state index contributed by atoms with van der Waals surface area (Å²) in [5.74, 6) is 0.312. The Hall–Kier alpha value is -7.03. The molecule has 4 atom stereocenters. The summed E-state index contributed by atoms with van der Waals surface area (Å²) in [5.41, 5.74) is 4.77. The van der Waals surface area contributed by atoms with Crippen LogP contribution in [0.15, 0.2) is 97.3 Å². The number of rotatable bonds is 11. The van der Waals surface area contributed by atoms with Gasteiger partial charge in [0, 0.05) is 29.8 Å². The largest absolute Gasteiger partial charge is 0.453 e. The topological polar surface area (TPSA) is 175 Å². The van der Waals surface area contributed by atoms with Crippen molar-refractivity contribution in [3.8, 4) is 33.6 Å². The van der Waals surface area contributed by atoms with Crippen LogP contribution in [0.1, 0.15) is 74.9 Å². The van der Waals surface area contributed by atoms with E-state index in [4.69, 9.17) is 9.47 Å². The van der Waals surface area contributed by atoms with E-state index >= 15 is 4.39 Å². The molecule has 4 heterocycles. The molecule has 4 aromatic carbocycles. The van der Waals surface area contributed by atoms with Crippen LogP contribution in [-0.4, -0.2) is 87.1 Å².